The molecule has 0 saturated heterocycles. The zero-order valence-electron chi connectivity index (χ0n) is 18.9. The molecule has 1 N–H and O–H groups in total. The molecule has 1 rings (SSSR count). The molecule has 0 aromatic carbocycles. The first kappa shape index (κ1) is 26.3. The summed E-state index contributed by atoms with van der Waals surface area (Å²) in [5, 5.41) is 9.69. The van der Waals surface area contributed by atoms with E-state index in [1.807, 2.05) is 0 Å². The van der Waals surface area contributed by atoms with Crippen molar-refractivity contribution in [1.29, 1.82) is 0 Å². The monoisotopic (exact) mass is 424 g/mol. The van der Waals surface area contributed by atoms with Gasteiger partial charge in [0.25, 0.3) is 0 Å². The van der Waals surface area contributed by atoms with Crippen LogP contribution >= 0.6 is 0 Å². The van der Waals surface area contributed by atoms with Gasteiger partial charge < -0.3 is 14.6 Å². The van der Waals surface area contributed by atoms with Crippen LogP contribution in [0.2, 0.25) is 0 Å². The van der Waals surface area contributed by atoms with Crippen LogP contribution in [0.1, 0.15) is 84.5 Å². The second-order valence-corrected chi connectivity index (χ2v) is 8.33. The molecule has 1 saturated carbocycles. The Bertz CT molecular complexity index is 556. The molecule has 0 aliphatic heterocycles. The number of allylic oxidation sites excluding steroid dienone is 2. The van der Waals surface area contributed by atoms with E-state index in [0.717, 1.165) is 32.1 Å². The van der Waals surface area contributed by atoms with Gasteiger partial charge in [0.2, 0.25) is 0 Å². The molecular formula is C24H40O6. The standard InChI is InChI=1S/C24H40O6/c1-4-5-6-7-8-10-13-20-19(17-25)16-22(27)21(20)14-11-9-12-15-23(24(28)29-3)30-18(2)26/h10,13,19-21,23,25H,4-9,11-12,14-17H2,1-3H3/t19-,20-,21+,23?/m0/s1. The van der Waals surface area contributed by atoms with Crippen molar-refractivity contribution in [1.82, 2.24) is 0 Å². The first-order valence-corrected chi connectivity index (χ1v) is 11.5. The van der Waals surface area contributed by atoms with Crippen LogP contribution in [0.5, 0.6) is 0 Å². The molecule has 0 aromatic rings. The van der Waals surface area contributed by atoms with E-state index in [4.69, 9.17) is 4.74 Å². The molecule has 0 radical (unpaired) electrons. The van der Waals surface area contributed by atoms with E-state index >= 15 is 0 Å². The van der Waals surface area contributed by atoms with E-state index in [1.165, 1.54) is 39.7 Å². The summed E-state index contributed by atoms with van der Waals surface area (Å²) < 4.78 is 9.70. The zero-order valence-corrected chi connectivity index (χ0v) is 18.9. The Morgan fingerprint density at radius 3 is 2.53 bits per heavy atom. The number of aliphatic hydroxyl groups excluding tert-OH is 1. The van der Waals surface area contributed by atoms with Gasteiger partial charge in [0.15, 0.2) is 6.10 Å². The average molecular weight is 425 g/mol. The molecule has 0 spiro atoms. The van der Waals surface area contributed by atoms with E-state index in [2.05, 4.69) is 23.8 Å². The van der Waals surface area contributed by atoms with Crippen LogP contribution in [-0.2, 0) is 23.9 Å². The van der Waals surface area contributed by atoms with E-state index in [-0.39, 0.29) is 30.1 Å². The molecule has 1 fully saturated rings. The minimum absolute atomic E-state index is 0.0288. The van der Waals surface area contributed by atoms with Crippen molar-refractivity contribution < 1.29 is 29.0 Å². The molecule has 0 aromatic heterocycles. The molecule has 172 valence electrons. The molecule has 0 heterocycles. The highest BCUT2D eigenvalue weighted by Gasteiger charge is 2.39. The number of rotatable bonds is 15. The molecule has 1 aliphatic rings. The van der Waals surface area contributed by atoms with Crippen LogP contribution in [0, 0.1) is 17.8 Å². The minimum Gasteiger partial charge on any atom is -0.466 e. The predicted octanol–water partition coefficient (Wildman–Crippen LogP) is 4.38. The summed E-state index contributed by atoms with van der Waals surface area (Å²) in [5.74, 6) is -0.659. The van der Waals surface area contributed by atoms with Crippen molar-refractivity contribution in [3.8, 4) is 0 Å². The number of hydrogen-bond donors (Lipinski definition) is 1. The molecule has 1 aliphatic carbocycles. The lowest BCUT2D eigenvalue weighted by molar-refractivity contribution is -0.165. The van der Waals surface area contributed by atoms with Gasteiger partial charge in [-0.1, -0.05) is 51.2 Å². The fraction of sp³-hybridized carbons (Fsp3) is 0.792. The molecule has 1 unspecified atom stereocenters. The van der Waals surface area contributed by atoms with E-state index in [0.29, 0.717) is 12.8 Å². The lowest BCUT2D eigenvalue weighted by Gasteiger charge is -2.19. The van der Waals surface area contributed by atoms with Crippen molar-refractivity contribution in [3.63, 3.8) is 0 Å². The Labute approximate surface area is 181 Å². The van der Waals surface area contributed by atoms with Crippen molar-refractivity contribution in [2.24, 2.45) is 17.8 Å². The average Bonchev–Trinajstić information content (AvgIpc) is 3.03. The van der Waals surface area contributed by atoms with Crippen molar-refractivity contribution in [2.75, 3.05) is 13.7 Å². The van der Waals surface area contributed by atoms with E-state index in [9.17, 15) is 19.5 Å². The van der Waals surface area contributed by atoms with Gasteiger partial charge in [-0.3, -0.25) is 9.59 Å². The fourth-order valence-electron chi connectivity index (χ4n) is 4.29. The van der Waals surface area contributed by atoms with Crippen LogP contribution in [0.25, 0.3) is 0 Å². The van der Waals surface area contributed by atoms with Crippen molar-refractivity contribution in [3.05, 3.63) is 12.2 Å². The summed E-state index contributed by atoms with van der Waals surface area (Å²) in [6.45, 7) is 3.52. The first-order valence-electron chi connectivity index (χ1n) is 11.5. The highest BCUT2D eigenvalue weighted by molar-refractivity contribution is 5.84. The SMILES string of the molecule is CCCCCCC=C[C@H]1[C@H](CO)CC(=O)[C@@H]1CCCCCC(OC(C)=O)C(=O)OC. The predicted molar refractivity (Wildman–Crippen MR) is 116 cm³/mol. The van der Waals surface area contributed by atoms with Gasteiger partial charge in [-0.15, -0.1) is 0 Å². The van der Waals surface area contributed by atoms with Gasteiger partial charge in [0, 0.05) is 25.9 Å². The fourth-order valence-corrected chi connectivity index (χ4v) is 4.29. The van der Waals surface area contributed by atoms with Gasteiger partial charge in [0.05, 0.1) is 7.11 Å². The lowest BCUT2D eigenvalue weighted by atomic mass is 9.85. The molecule has 30 heavy (non-hydrogen) atoms. The normalized spacial score (nSPS) is 22.4. The number of ether oxygens (including phenoxy) is 2. The maximum absolute atomic E-state index is 12.5. The van der Waals surface area contributed by atoms with Crippen LogP contribution in [-0.4, -0.2) is 42.6 Å². The summed E-state index contributed by atoms with van der Waals surface area (Å²) in [6.07, 6.45) is 13.5. The zero-order chi connectivity index (χ0) is 22.4. The number of carbonyl (C=O) groups excluding carboxylic acids is 3. The number of carbonyl (C=O) groups is 3. The largest absolute Gasteiger partial charge is 0.466 e. The molecule has 6 heteroatoms. The Morgan fingerprint density at radius 1 is 1.17 bits per heavy atom. The minimum atomic E-state index is -0.859. The number of esters is 2. The summed E-state index contributed by atoms with van der Waals surface area (Å²) in [7, 11) is 1.28. The highest BCUT2D eigenvalue weighted by Crippen LogP contribution is 2.38. The van der Waals surface area contributed by atoms with Gasteiger partial charge >= 0.3 is 11.9 Å². The summed E-state index contributed by atoms with van der Waals surface area (Å²) in [4.78, 5) is 35.3. The van der Waals surface area contributed by atoms with Gasteiger partial charge in [0.1, 0.15) is 5.78 Å². The molecule has 4 atom stereocenters. The number of ketones is 1. The van der Waals surface area contributed by atoms with Crippen molar-refractivity contribution in [2.45, 2.75) is 90.6 Å². The number of Topliss-reactive ketones (excluding diaryl/α,β-unsaturated/α-hetero) is 1. The third-order valence-electron chi connectivity index (χ3n) is 5.96. The van der Waals surface area contributed by atoms with Crippen LogP contribution in [0.4, 0.5) is 0 Å². The third kappa shape index (κ3) is 9.41. The maximum Gasteiger partial charge on any atom is 0.347 e. The number of unbranched alkanes of at least 4 members (excludes halogenated alkanes) is 6. The quantitative estimate of drug-likeness (QED) is 0.238. The Morgan fingerprint density at radius 2 is 1.90 bits per heavy atom. The van der Waals surface area contributed by atoms with Crippen LogP contribution in [0.15, 0.2) is 12.2 Å². The van der Waals surface area contributed by atoms with Gasteiger partial charge in [-0.2, -0.15) is 0 Å². The van der Waals surface area contributed by atoms with Crippen LogP contribution in [0.3, 0.4) is 0 Å². The third-order valence-corrected chi connectivity index (χ3v) is 5.96. The second kappa shape index (κ2) is 15.2. The van der Waals surface area contributed by atoms with Gasteiger partial charge in [-0.25, -0.2) is 4.79 Å². The molecular weight excluding hydrogens is 384 g/mol. The second-order valence-electron chi connectivity index (χ2n) is 8.33. The van der Waals surface area contributed by atoms with Crippen LogP contribution < -0.4 is 0 Å². The van der Waals surface area contributed by atoms with Gasteiger partial charge in [-0.05, 0) is 43.9 Å². The summed E-state index contributed by atoms with van der Waals surface area (Å²) in [6, 6.07) is 0. The molecule has 0 bridgehead atoms. The lowest BCUT2D eigenvalue weighted by Crippen LogP contribution is -2.27. The smallest absolute Gasteiger partial charge is 0.347 e. The Hall–Kier alpha value is -1.69. The number of hydrogen-bond acceptors (Lipinski definition) is 6. The number of methoxy groups -OCH3 is 1. The summed E-state index contributed by atoms with van der Waals surface area (Å²) >= 11 is 0. The van der Waals surface area contributed by atoms with E-state index in [1.54, 1.807) is 0 Å². The maximum atomic E-state index is 12.5. The Kier molecular flexibility index (Phi) is 13.3. The van der Waals surface area contributed by atoms with E-state index < -0.39 is 18.0 Å². The Balaban J connectivity index is 2.46. The number of aliphatic hydroxyl groups is 1. The first-order chi connectivity index (χ1) is 14.4. The topological polar surface area (TPSA) is 89.9 Å². The highest BCUT2D eigenvalue weighted by atomic mass is 16.6. The molecule has 6 nitrogen and oxygen atoms in total. The van der Waals surface area contributed by atoms with Crippen molar-refractivity contribution >= 4 is 17.7 Å². The molecule has 0 amide bonds. The summed E-state index contributed by atoms with van der Waals surface area (Å²) in [5.41, 5.74) is 0.